The van der Waals surface area contributed by atoms with Crippen molar-refractivity contribution >= 4 is 5.95 Å². The topological polar surface area (TPSA) is 76.1 Å². The lowest BCUT2D eigenvalue weighted by Gasteiger charge is -2.38. The maximum absolute atomic E-state index is 5.97. The number of piperazine rings is 1. The third-order valence-corrected chi connectivity index (χ3v) is 3.92. The van der Waals surface area contributed by atoms with Crippen LogP contribution in [0.1, 0.15) is 11.6 Å². The number of hydrogen-bond acceptors (Lipinski definition) is 6. The van der Waals surface area contributed by atoms with Gasteiger partial charge in [0.25, 0.3) is 0 Å². The van der Waals surface area contributed by atoms with Crippen molar-refractivity contribution in [3.8, 4) is 0 Å². The van der Waals surface area contributed by atoms with Gasteiger partial charge in [0.2, 0.25) is 5.95 Å². The Kier molecular flexibility index (Phi) is 4.12. The molecule has 3 rings (SSSR count). The second-order valence-electron chi connectivity index (χ2n) is 5.27. The molecular weight excluding hydrogens is 266 g/mol. The van der Waals surface area contributed by atoms with Crippen LogP contribution in [0.2, 0.25) is 0 Å². The third kappa shape index (κ3) is 3.03. The zero-order chi connectivity index (χ0) is 14.7. The van der Waals surface area contributed by atoms with Gasteiger partial charge in [-0.2, -0.15) is 5.10 Å². The average Bonchev–Trinajstić information content (AvgIpc) is 2.96. The van der Waals surface area contributed by atoms with E-state index >= 15 is 0 Å². The third-order valence-electron chi connectivity index (χ3n) is 3.92. The normalized spacial score (nSPS) is 17.9. The predicted octanol–water partition coefficient (Wildman–Crippen LogP) is 0.0321. The molecule has 21 heavy (non-hydrogen) atoms. The molecule has 3 heterocycles. The Labute approximate surface area is 124 Å². The summed E-state index contributed by atoms with van der Waals surface area (Å²) in [5.41, 5.74) is 7.16. The van der Waals surface area contributed by atoms with Crippen molar-refractivity contribution in [2.45, 2.75) is 6.04 Å². The van der Waals surface area contributed by atoms with Gasteiger partial charge in [-0.15, -0.1) is 0 Å². The monoisotopic (exact) mass is 287 g/mol. The SMILES string of the molecule is Cn1cc(C(CN)N2CCN(c3ncccn3)CC2)cn1. The van der Waals surface area contributed by atoms with Gasteiger partial charge in [-0.05, 0) is 6.07 Å². The van der Waals surface area contributed by atoms with Crippen LogP contribution in [-0.4, -0.2) is 57.4 Å². The molecule has 2 aromatic heterocycles. The van der Waals surface area contributed by atoms with E-state index in [0.29, 0.717) is 6.54 Å². The first-order valence-corrected chi connectivity index (χ1v) is 7.22. The Morgan fingerprint density at radius 1 is 1.19 bits per heavy atom. The highest BCUT2D eigenvalue weighted by molar-refractivity contribution is 5.29. The first-order chi connectivity index (χ1) is 10.3. The lowest BCUT2D eigenvalue weighted by atomic mass is 10.1. The zero-order valence-electron chi connectivity index (χ0n) is 12.3. The summed E-state index contributed by atoms with van der Waals surface area (Å²) in [4.78, 5) is 13.3. The minimum absolute atomic E-state index is 0.234. The van der Waals surface area contributed by atoms with Crippen LogP contribution in [0, 0.1) is 0 Å². The van der Waals surface area contributed by atoms with Crippen LogP contribution in [0.3, 0.4) is 0 Å². The maximum Gasteiger partial charge on any atom is 0.225 e. The van der Waals surface area contributed by atoms with E-state index < -0.39 is 0 Å². The molecule has 1 aliphatic heterocycles. The molecule has 7 nitrogen and oxygen atoms in total. The molecular formula is C14H21N7. The molecule has 0 spiro atoms. The quantitative estimate of drug-likeness (QED) is 0.855. The maximum atomic E-state index is 5.97. The number of nitrogens with zero attached hydrogens (tertiary/aromatic N) is 6. The second-order valence-corrected chi connectivity index (χ2v) is 5.27. The van der Waals surface area contributed by atoms with E-state index in [1.807, 2.05) is 30.2 Å². The standard InChI is InChI=1S/C14H21N7/c1-19-11-12(10-18-19)13(9-15)20-5-7-21(8-6-20)14-16-3-2-4-17-14/h2-4,10-11,13H,5-9,15H2,1H3. The lowest BCUT2D eigenvalue weighted by molar-refractivity contribution is 0.189. The fourth-order valence-corrected chi connectivity index (χ4v) is 2.80. The van der Waals surface area contributed by atoms with E-state index in [1.165, 1.54) is 5.56 Å². The Morgan fingerprint density at radius 3 is 2.48 bits per heavy atom. The summed E-state index contributed by atoms with van der Waals surface area (Å²) in [6, 6.07) is 2.07. The molecule has 2 N–H and O–H groups in total. The number of hydrogen-bond donors (Lipinski definition) is 1. The van der Waals surface area contributed by atoms with E-state index in [1.54, 1.807) is 12.4 Å². The van der Waals surface area contributed by atoms with Crippen molar-refractivity contribution in [2.24, 2.45) is 12.8 Å². The molecule has 0 aliphatic carbocycles. The molecule has 1 fully saturated rings. The zero-order valence-corrected chi connectivity index (χ0v) is 12.3. The van der Waals surface area contributed by atoms with E-state index in [0.717, 1.165) is 32.1 Å². The number of rotatable bonds is 4. The van der Waals surface area contributed by atoms with Crippen LogP contribution in [0.5, 0.6) is 0 Å². The number of aryl methyl sites for hydroxylation is 1. The van der Waals surface area contributed by atoms with E-state index in [4.69, 9.17) is 5.73 Å². The van der Waals surface area contributed by atoms with Gasteiger partial charge in [0.1, 0.15) is 0 Å². The first kappa shape index (κ1) is 14.0. The van der Waals surface area contributed by atoms with Crippen LogP contribution < -0.4 is 10.6 Å². The average molecular weight is 287 g/mol. The van der Waals surface area contributed by atoms with Gasteiger partial charge in [0.05, 0.1) is 12.2 Å². The number of nitrogens with two attached hydrogens (primary N) is 1. The Morgan fingerprint density at radius 2 is 1.90 bits per heavy atom. The van der Waals surface area contributed by atoms with Crippen LogP contribution >= 0.6 is 0 Å². The van der Waals surface area contributed by atoms with Gasteiger partial charge >= 0.3 is 0 Å². The summed E-state index contributed by atoms with van der Waals surface area (Å²) in [6.07, 6.45) is 7.52. The van der Waals surface area contributed by atoms with Crippen molar-refractivity contribution in [1.29, 1.82) is 0 Å². The van der Waals surface area contributed by atoms with Crippen molar-refractivity contribution in [1.82, 2.24) is 24.6 Å². The molecule has 7 heteroatoms. The van der Waals surface area contributed by atoms with Crippen molar-refractivity contribution < 1.29 is 0 Å². The molecule has 112 valence electrons. The van der Waals surface area contributed by atoms with E-state index in [-0.39, 0.29) is 6.04 Å². The van der Waals surface area contributed by atoms with E-state index in [9.17, 15) is 0 Å². The van der Waals surface area contributed by atoms with Gasteiger partial charge in [-0.25, -0.2) is 9.97 Å². The molecule has 0 amide bonds. The van der Waals surface area contributed by atoms with Crippen molar-refractivity contribution in [2.75, 3.05) is 37.6 Å². The fraction of sp³-hybridized carbons (Fsp3) is 0.500. The fourth-order valence-electron chi connectivity index (χ4n) is 2.80. The van der Waals surface area contributed by atoms with Crippen molar-refractivity contribution in [3.63, 3.8) is 0 Å². The van der Waals surface area contributed by atoms with Crippen LogP contribution in [0.15, 0.2) is 30.9 Å². The van der Waals surface area contributed by atoms with Crippen molar-refractivity contribution in [3.05, 3.63) is 36.4 Å². The van der Waals surface area contributed by atoms with Crippen LogP contribution in [-0.2, 0) is 7.05 Å². The molecule has 1 atom stereocenters. The molecule has 0 bridgehead atoms. The van der Waals surface area contributed by atoms with Gasteiger partial charge in [-0.1, -0.05) is 0 Å². The number of anilines is 1. The summed E-state index contributed by atoms with van der Waals surface area (Å²) < 4.78 is 1.83. The van der Waals surface area contributed by atoms with Gasteiger partial charge in [0, 0.05) is 63.9 Å². The van der Waals surface area contributed by atoms with Crippen LogP contribution in [0.25, 0.3) is 0 Å². The Hall–Kier alpha value is -1.99. The highest BCUT2D eigenvalue weighted by Crippen LogP contribution is 2.21. The molecule has 1 aliphatic rings. The second kappa shape index (κ2) is 6.19. The summed E-state index contributed by atoms with van der Waals surface area (Å²) in [5.74, 6) is 0.808. The van der Waals surface area contributed by atoms with Gasteiger partial charge in [0.15, 0.2) is 0 Å². The van der Waals surface area contributed by atoms with Gasteiger partial charge in [-0.3, -0.25) is 9.58 Å². The predicted molar refractivity (Wildman–Crippen MR) is 80.8 cm³/mol. The summed E-state index contributed by atoms with van der Waals surface area (Å²) in [5, 5.41) is 4.25. The molecule has 0 saturated carbocycles. The molecule has 1 unspecified atom stereocenters. The Balaban J connectivity index is 1.64. The largest absolute Gasteiger partial charge is 0.338 e. The highest BCUT2D eigenvalue weighted by atomic mass is 15.3. The molecule has 1 saturated heterocycles. The molecule has 0 aromatic carbocycles. The highest BCUT2D eigenvalue weighted by Gasteiger charge is 2.25. The smallest absolute Gasteiger partial charge is 0.225 e. The van der Waals surface area contributed by atoms with E-state index in [2.05, 4.69) is 24.9 Å². The minimum Gasteiger partial charge on any atom is -0.338 e. The number of aromatic nitrogens is 4. The lowest BCUT2D eigenvalue weighted by Crippen LogP contribution is -2.49. The molecule has 2 aromatic rings. The summed E-state index contributed by atoms with van der Waals surface area (Å²) in [7, 11) is 1.93. The first-order valence-electron chi connectivity index (χ1n) is 7.22. The molecule has 0 radical (unpaired) electrons. The Bertz CT molecular complexity index is 560. The van der Waals surface area contributed by atoms with Gasteiger partial charge < -0.3 is 10.6 Å². The minimum atomic E-state index is 0.234. The van der Waals surface area contributed by atoms with Crippen LogP contribution in [0.4, 0.5) is 5.95 Å². The summed E-state index contributed by atoms with van der Waals surface area (Å²) in [6.45, 7) is 4.35. The summed E-state index contributed by atoms with van der Waals surface area (Å²) >= 11 is 0.